The summed E-state index contributed by atoms with van der Waals surface area (Å²) in [5, 5.41) is 11.4. The molecule has 1 aliphatic heterocycles. The van der Waals surface area contributed by atoms with Gasteiger partial charge in [-0.15, -0.1) is 5.10 Å². The fraction of sp³-hybridized carbons (Fsp3) is 0.846. The largest absolute Gasteiger partial charge is 0.408 e. The highest BCUT2D eigenvalue weighted by atomic mass is 16.5. The summed E-state index contributed by atoms with van der Waals surface area (Å²) in [6.45, 7) is 4.87. The van der Waals surface area contributed by atoms with E-state index < -0.39 is 0 Å². The van der Waals surface area contributed by atoms with Crippen molar-refractivity contribution in [2.24, 2.45) is 11.3 Å². The van der Waals surface area contributed by atoms with Crippen LogP contribution in [0.5, 0.6) is 0 Å². The highest BCUT2D eigenvalue weighted by molar-refractivity contribution is 5.18. The van der Waals surface area contributed by atoms with Gasteiger partial charge in [-0.25, -0.2) is 0 Å². The maximum atomic E-state index is 5.61. The fourth-order valence-electron chi connectivity index (χ4n) is 2.31. The first-order valence-electron chi connectivity index (χ1n) is 6.88. The van der Waals surface area contributed by atoms with E-state index in [0.717, 1.165) is 50.8 Å². The summed E-state index contributed by atoms with van der Waals surface area (Å²) >= 11 is 0. The second kappa shape index (κ2) is 4.88. The SMILES string of the molecule is CC1(CNc2nnc(CC3CC3)o2)CCOCC1. The minimum Gasteiger partial charge on any atom is -0.408 e. The fourth-order valence-corrected chi connectivity index (χ4v) is 2.31. The first-order chi connectivity index (χ1) is 8.73. The predicted molar refractivity (Wildman–Crippen MR) is 67.4 cm³/mol. The van der Waals surface area contributed by atoms with Gasteiger partial charge in [0.1, 0.15) is 0 Å². The lowest BCUT2D eigenvalue weighted by molar-refractivity contribution is 0.0298. The van der Waals surface area contributed by atoms with E-state index >= 15 is 0 Å². The Bertz CT molecular complexity index is 395. The molecule has 0 radical (unpaired) electrons. The van der Waals surface area contributed by atoms with Crippen molar-refractivity contribution in [1.82, 2.24) is 10.2 Å². The summed E-state index contributed by atoms with van der Waals surface area (Å²) < 4.78 is 11.0. The van der Waals surface area contributed by atoms with Crippen LogP contribution < -0.4 is 5.32 Å². The van der Waals surface area contributed by atoms with E-state index in [4.69, 9.17) is 9.15 Å². The molecular formula is C13H21N3O2. The number of ether oxygens (including phenoxy) is 1. The van der Waals surface area contributed by atoms with Crippen LogP contribution in [0, 0.1) is 11.3 Å². The smallest absolute Gasteiger partial charge is 0.315 e. The van der Waals surface area contributed by atoms with Gasteiger partial charge in [-0.3, -0.25) is 0 Å². The maximum Gasteiger partial charge on any atom is 0.315 e. The van der Waals surface area contributed by atoms with Gasteiger partial charge >= 0.3 is 6.01 Å². The van der Waals surface area contributed by atoms with Crippen molar-refractivity contribution < 1.29 is 9.15 Å². The Labute approximate surface area is 107 Å². The summed E-state index contributed by atoms with van der Waals surface area (Å²) in [6, 6.07) is 0.568. The van der Waals surface area contributed by atoms with Crippen molar-refractivity contribution in [3.05, 3.63) is 5.89 Å². The average molecular weight is 251 g/mol. The molecule has 5 nitrogen and oxygen atoms in total. The second-order valence-corrected chi connectivity index (χ2v) is 5.93. The number of anilines is 1. The third-order valence-electron chi connectivity index (χ3n) is 3.99. The molecule has 1 saturated heterocycles. The van der Waals surface area contributed by atoms with Crippen molar-refractivity contribution >= 4 is 6.01 Å². The normalized spacial score (nSPS) is 22.9. The molecular weight excluding hydrogens is 230 g/mol. The van der Waals surface area contributed by atoms with Crippen LogP contribution >= 0.6 is 0 Å². The van der Waals surface area contributed by atoms with Crippen molar-refractivity contribution in [2.75, 3.05) is 25.1 Å². The number of nitrogens with zero attached hydrogens (tertiary/aromatic N) is 2. The number of hydrogen-bond donors (Lipinski definition) is 1. The van der Waals surface area contributed by atoms with Gasteiger partial charge in [0.25, 0.3) is 0 Å². The monoisotopic (exact) mass is 251 g/mol. The Balaban J connectivity index is 1.50. The summed E-state index contributed by atoms with van der Waals surface area (Å²) in [6.07, 6.45) is 5.73. The molecule has 18 heavy (non-hydrogen) atoms. The lowest BCUT2D eigenvalue weighted by Gasteiger charge is -2.33. The van der Waals surface area contributed by atoms with Crippen LogP contribution in [0.15, 0.2) is 4.42 Å². The Morgan fingerprint density at radius 3 is 2.78 bits per heavy atom. The summed E-state index contributed by atoms with van der Waals surface area (Å²) in [5.74, 6) is 1.56. The van der Waals surface area contributed by atoms with Gasteiger partial charge in [-0.1, -0.05) is 12.0 Å². The van der Waals surface area contributed by atoms with E-state index in [0.29, 0.717) is 6.01 Å². The zero-order valence-corrected chi connectivity index (χ0v) is 10.9. The van der Waals surface area contributed by atoms with Gasteiger partial charge in [0, 0.05) is 26.2 Å². The van der Waals surface area contributed by atoms with Gasteiger partial charge in [0.2, 0.25) is 5.89 Å². The standard InChI is InChI=1S/C13H21N3O2/c1-13(4-6-17-7-5-13)9-14-12-16-15-11(18-12)8-10-2-3-10/h10H,2-9H2,1H3,(H,14,16). The number of rotatable bonds is 5. The summed E-state index contributed by atoms with van der Waals surface area (Å²) in [5.41, 5.74) is 0.281. The van der Waals surface area contributed by atoms with E-state index in [9.17, 15) is 0 Å². The molecule has 3 rings (SSSR count). The molecule has 1 saturated carbocycles. The molecule has 5 heteroatoms. The zero-order valence-electron chi connectivity index (χ0n) is 10.9. The lowest BCUT2D eigenvalue weighted by Crippen LogP contribution is -2.33. The van der Waals surface area contributed by atoms with Gasteiger partial charge in [0.15, 0.2) is 0 Å². The van der Waals surface area contributed by atoms with Crippen molar-refractivity contribution in [1.29, 1.82) is 0 Å². The van der Waals surface area contributed by atoms with Crippen LogP contribution in [0.3, 0.4) is 0 Å². The Morgan fingerprint density at radius 1 is 1.28 bits per heavy atom. The Kier molecular flexibility index (Phi) is 3.24. The molecule has 0 spiro atoms. The maximum absolute atomic E-state index is 5.61. The number of hydrogen-bond acceptors (Lipinski definition) is 5. The molecule has 0 aromatic carbocycles. The number of aromatic nitrogens is 2. The highest BCUT2D eigenvalue weighted by Gasteiger charge is 2.28. The number of nitrogens with one attached hydrogen (secondary N) is 1. The molecule has 0 atom stereocenters. The van der Waals surface area contributed by atoms with E-state index in [1.165, 1.54) is 12.8 Å². The summed E-state index contributed by atoms with van der Waals surface area (Å²) in [7, 11) is 0. The average Bonchev–Trinajstić information content (AvgIpc) is 3.05. The minimum absolute atomic E-state index is 0.281. The Hall–Kier alpha value is -1.10. The minimum atomic E-state index is 0.281. The van der Waals surface area contributed by atoms with Crippen molar-refractivity contribution in [2.45, 2.75) is 39.0 Å². The van der Waals surface area contributed by atoms with Crippen LogP contribution in [0.2, 0.25) is 0 Å². The molecule has 100 valence electrons. The van der Waals surface area contributed by atoms with Gasteiger partial charge in [0.05, 0.1) is 0 Å². The summed E-state index contributed by atoms with van der Waals surface area (Å²) in [4.78, 5) is 0. The first-order valence-corrected chi connectivity index (χ1v) is 6.88. The molecule has 2 aliphatic rings. The first kappa shape index (κ1) is 12.0. The molecule has 1 aliphatic carbocycles. The highest BCUT2D eigenvalue weighted by Crippen LogP contribution is 2.33. The third-order valence-corrected chi connectivity index (χ3v) is 3.99. The van der Waals surface area contributed by atoms with Crippen LogP contribution in [-0.4, -0.2) is 30.0 Å². The van der Waals surface area contributed by atoms with E-state index in [1.807, 2.05) is 0 Å². The molecule has 0 unspecified atom stereocenters. The quantitative estimate of drug-likeness (QED) is 0.869. The van der Waals surface area contributed by atoms with Crippen LogP contribution in [0.25, 0.3) is 0 Å². The van der Waals surface area contributed by atoms with E-state index in [2.05, 4.69) is 22.4 Å². The van der Waals surface area contributed by atoms with Crippen LogP contribution in [0.1, 0.15) is 38.5 Å². The molecule has 0 bridgehead atoms. The topological polar surface area (TPSA) is 60.2 Å². The molecule has 0 amide bonds. The van der Waals surface area contributed by atoms with Gasteiger partial charge in [-0.05, 0) is 37.0 Å². The molecule has 1 aromatic heterocycles. The second-order valence-electron chi connectivity index (χ2n) is 5.93. The van der Waals surface area contributed by atoms with Crippen molar-refractivity contribution in [3.8, 4) is 0 Å². The molecule has 2 heterocycles. The van der Waals surface area contributed by atoms with Crippen molar-refractivity contribution in [3.63, 3.8) is 0 Å². The Morgan fingerprint density at radius 2 is 2.06 bits per heavy atom. The van der Waals surface area contributed by atoms with Crippen LogP contribution in [-0.2, 0) is 11.2 Å². The van der Waals surface area contributed by atoms with E-state index in [-0.39, 0.29) is 5.41 Å². The zero-order chi connectivity index (χ0) is 12.4. The van der Waals surface area contributed by atoms with E-state index in [1.54, 1.807) is 0 Å². The molecule has 2 fully saturated rings. The predicted octanol–water partition coefficient (Wildman–Crippen LogP) is 2.25. The molecule has 1 aromatic rings. The van der Waals surface area contributed by atoms with Crippen LogP contribution in [0.4, 0.5) is 6.01 Å². The third kappa shape index (κ3) is 3.02. The van der Waals surface area contributed by atoms with Gasteiger partial charge in [-0.2, -0.15) is 0 Å². The lowest BCUT2D eigenvalue weighted by atomic mass is 9.82. The molecule has 1 N–H and O–H groups in total. The van der Waals surface area contributed by atoms with Gasteiger partial charge < -0.3 is 14.5 Å².